The lowest BCUT2D eigenvalue weighted by Crippen LogP contribution is -2.32. The maximum absolute atomic E-state index is 13.4. The second-order valence-electron chi connectivity index (χ2n) is 6.47. The minimum atomic E-state index is -3.78. The van der Waals surface area contributed by atoms with Crippen LogP contribution in [0.4, 0.5) is 0 Å². The zero-order chi connectivity index (χ0) is 22.4. The summed E-state index contributed by atoms with van der Waals surface area (Å²) in [7, 11) is 0.638. The largest absolute Gasteiger partial charge is 0.497 e. The number of ether oxygens (including phenoxy) is 3. The maximum Gasteiger partial charge on any atom is 0.258 e. The minimum Gasteiger partial charge on any atom is -0.497 e. The van der Waals surface area contributed by atoms with Crippen molar-refractivity contribution >= 4 is 27.1 Å². The molecule has 31 heavy (non-hydrogen) atoms. The summed E-state index contributed by atoms with van der Waals surface area (Å²) < 4.78 is 42.4. The Morgan fingerprint density at radius 2 is 1.58 bits per heavy atom. The number of sulfone groups is 1. The summed E-state index contributed by atoms with van der Waals surface area (Å²) in [4.78, 5) is 13.7. The fourth-order valence-corrected chi connectivity index (χ4v) is 5.90. The summed E-state index contributed by atoms with van der Waals surface area (Å²) in [6, 6.07) is 14.7. The minimum absolute atomic E-state index is 0.116. The lowest BCUT2D eigenvalue weighted by atomic mass is 10.1. The number of amides is 1. The molecule has 3 aromatic rings. The van der Waals surface area contributed by atoms with Gasteiger partial charge in [0.2, 0.25) is 0 Å². The zero-order valence-electron chi connectivity index (χ0n) is 17.3. The number of hydrogen-bond acceptors (Lipinski definition) is 7. The maximum atomic E-state index is 13.4. The molecule has 0 saturated heterocycles. The Kier molecular flexibility index (Phi) is 7.19. The predicted octanol–water partition coefficient (Wildman–Crippen LogP) is 3.72. The second kappa shape index (κ2) is 9.84. The van der Waals surface area contributed by atoms with Crippen LogP contribution in [0.3, 0.4) is 0 Å². The van der Waals surface area contributed by atoms with Gasteiger partial charge in [0.1, 0.15) is 28.1 Å². The molecular formula is C22H23NO6S2. The van der Waals surface area contributed by atoms with Gasteiger partial charge in [0.05, 0.1) is 26.2 Å². The first-order chi connectivity index (χ1) is 14.9. The van der Waals surface area contributed by atoms with E-state index in [9.17, 15) is 13.2 Å². The summed E-state index contributed by atoms with van der Waals surface area (Å²) in [6.45, 7) is -0.116. The van der Waals surface area contributed by atoms with E-state index < -0.39 is 21.0 Å². The molecule has 1 amide bonds. The third-order valence-corrected chi connectivity index (χ3v) is 7.96. The molecule has 0 saturated carbocycles. The fraction of sp³-hybridized carbons (Fsp3) is 0.227. The molecule has 164 valence electrons. The van der Waals surface area contributed by atoms with Crippen molar-refractivity contribution in [1.82, 2.24) is 5.32 Å². The molecular weight excluding hydrogens is 438 g/mol. The molecule has 0 unspecified atom stereocenters. The van der Waals surface area contributed by atoms with Crippen molar-refractivity contribution in [1.29, 1.82) is 0 Å². The molecule has 0 fully saturated rings. The third kappa shape index (κ3) is 4.83. The van der Waals surface area contributed by atoms with Crippen LogP contribution in [0.1, 0.15) is 20.5 Å². The summed E-state index contributed by atoms with van der Waals surface area (Å²) in [5, 5.41) is 3.59. The van der Waals surface area contributed by atoms with Gasteiger partial charge in [0.25, 0.3) is 5.91 Å². The van der Waals surface area contributed by atoms with E-state index in [1.807, 2.05) is 0 Å². The first-order valence-electron chi connectivity index (χ1n) is 9.33. The standard InChI is InChI=1S/C22H23NO6S2/c1-27-15-9-11-16(12-10-15)31(25,26)20(19-8-5-13-30-19)14-23-22(24)21-17(28-2)6-4-7-18(21)29-3/h4-13,20H,14H2,1-3H3,(H,23,24)/t20-/m0/s1. The molecule has 1 heterocycles. The van der Waals surface area contributed by atoms with Crippen molar-refractivity contribution in [2.75, 3.05) is 27.9 Å². The number of carbonyl (C=O) groups is 1. The lowest BCUT2D eigenvalue weighted by Gasteiger charge is -2.19. The summed E-state index contributed by atoms with van der Waals surface area (Å²) in [5.41, 5.74) is 0.208. The van der Waals surface area contributed by atoms with Gasteiger partial charge in [-0.25, -0.2) is 8.42 Å². The highest BCUT2D eigenvalue weighted by atomic mass is 32.2. The Hall–Kier alpha value is -3.04. The van der Waals surface area contributed by atoms with E-state index in [1.165, 1.54) is 44.8 Å². The average Bonchev–Trinajstić information content (AvgIpc) is 3.32. The van der Waals surface area contributed by atoms with Crippen LogP contribution in [0.25, 0.3) is 0 Å². The highest BCUT2D eigenvalue weighted by molar-refractivity contribution is 7.91. The Labute approximate surface area is 185 Å². The van der Waals surface area contributed by atoms with Gasteiger partial charge in [-0.15, -0.1) is 11.3 Å². The van der Waals surface area contributed by atoms with Gasteiger partial charge < -0.3 is 19.5 Å². The highest BCUT2D eigenvalue weighted by Crippen LogP contribution is 2.33. The average molecular weight is 462 g/mol. The molecule has 3 rings (SSSR count). The molecule has 7 nitrogen and oxygen atoms in total. The normalized spacial score (nSPS) is 12.1. The molecule has 0 aliphatic rings. The summed E-state index contributed by atoms with van der Waals surface area (Å²) in [5.74, 6) is 0.744. The van der Waals surface area contributed by atoms with Crippen LogP contribution in [0, 0.1) is 0 Å². The van der Waals surface area contributed by atoms with E-state index >= 15 is 0 Å². The first-order valence-corrected chi connectivity index (χ1v) is 11.8. The smallest absolute Gasteiger partial charge is 0.258 e. The van der Waals surface area contributed by atoms with E-state index in [0.29, 0.717) is 22.1 Å². The zero-order valence-corrected chi connectivity index (χ0v) is 19.0. The first kappa shape index (κ1) is 22.6. The van der Waals surface area contributed by atoms with Crippen LogP contribution in [-0.2, 0) is 9.84 Å². The molecule has 0 aliphatic carbocycles. The van der Waals surface area contributed by atoms with Gasteiger partial charge in [0.15, 0.2) is 9.84 Å². The van der Waals surface area contributed by atoms with Crippen LogP contribution in [0.5, 0.6) is 17.2 Å². The molecule has 1 aromatic heterocycles. The molecule has 0 bridgehead atoms. The Bertz CT molecular complexity index is 1100. The SMILES string of the molecule is COc1ccc(S(=O)(=O)[C@@H](CNC(=O)c2c(OC)cccc2OC)c2cccs2)cc1. The fourth-order valence-electron chi connectivity index (χ4n) is 3.12. The molecule has 1 atom stereocenters. The molecule has 1 N–H and O–H groups in total. The van der Waals surface area contributed by atoms with E-state index in [2.05, 4.69) is 5.32 Å². The number of methoxy groups -OCH3 is 3. The van der Waals surface area contributed by atoms with Crippen molar-refractivity contribution in [2.45, 2.75) is 10.1 Å². The quantitative estimate of drug-likeness (QED) is 0.522. The number of benzene rings is 2. The Balaban J connectivity index is 1.91. The van der Waals surface area contributed by atoms with Crippen LogP contribution >= 0.6 is 11.3 Å². The second-order valence-corrected chi connectivity index (χ2v) is 9.58. The number of carbonyl (C=O) groups excluding carboxylic acids is 1. The number of nitrogens with one attached hydrogen (secondary N) is 1. The molecule has 0 aliphatic heterocycles. The summed E-state index contributed by atoms with van der Waals surface area (Å²) in [6.07, 6.45) is 0. The van der Waals surface area contributed by atoms with Crippen molar-refractivity contribution in [3.8, 4) is 17.2 Å². The van der Waals surface area contributed by atoms with Crippen molar-refractivity contribution in [3.05, 3.63) is 70.4 Å². The highest BCUT2D eigenvalue weighted by Gasteiger charge is 2.31. The third-order valence-electron chi connectivity index (χ3n) is 4.73. The van der Waals surface area contributed by atoms with E-state index in [0.717, 1.165) is 0 Å². The van der Waals surface area contributed by atoms with E-state index in [-0.39, 0.29) is 17.0 Å². The van der Waals surface area contributed by atoms with Gasteiger partial charge in [0, 0.05) is 11.4 Å². The number of rotatable bonds is 9. The number of thiophene rings is 1. The van der Waals surface area contributed by atoms with Gasteiger partial charge in [-0.3, -0.25) is 4.79 Å². The molecule has 0 radical (unpaired) electrons. The molecule has 0 spiro atoms. The van der Waals surface area contributed by atoms with Crippen molar-refractivity contribution in [2.24, 2.45) is 0 Å². The molecule has 9 heteroatoms. The monoisotopic (exact) mass is 461 g/mol. The van der Waals surface area contributed by atoms with Gasteiger partial charge in [-0.05, 0) is 47.8 Å². The van der Waals surface area contributed by atoms with Crippen LogP contribution in [-0.4, -0.2) is 42.2 Å². The van der Waals surface area contributed by atoms with Gasteiger partial charge in [-0.1, -0.05) is 12.1 Å². The van der Waals surface area contributed by atoms with Crippen molar-refractivity contribution in [3.63, 3.8) is 0 Å². The number of hydrogen-bond donors (Lipinski definition) is 1. The van der Waals surface area contributed by atoms with E-state index in [1.54, 1.807) is 47.8 Å². The van der Waals surface area contributed by atoms with Crippen LogP contribution in [0.2, 0.25) is 0 Å². The topological polar surface area (TPSA) is 90.9 Å². The Morgan fingerprint density at radius 3 is 2.10 bits per heavy atom. The Morgan fingerprint density at radius 1 is 0.935 bits per heavy atom. The van der Waals surface area contributed by atoms with Crippen molar-refractivity contribution < 1.29 is 27.4 Å². The summed E-state index contributed by atoms with van der Waals surface area (Å²) >= 11 is 1.32. The van der Waals surface area contributed by atoms with Gasteiger partial charge >= 0.3 is 0 Å². The predicted molar refractivity (Wildman–Crippen MR) is 119 cm³/mol. The van der Waals surface area contributed by atoms with E-state index in [4.69, 9.17) is 14.2 Å². The van der Waals surface area contributed by atoms with Gasteiger partial charge in [-0.2, -0.15) is 0 Å². The van der Waals surface area contributed by atoms with Crippen LogP contribution < -0.4 is 19.5 Å². The lowest BCUT2D eigenvalue weighted by molar-refractivity contribution is 0.0947. The molecule has 2 aromatic carbocycles. The van der Waals surface area contributed by atoms with Crippen LogP contribution in [0.15, 0.2) is 64.9 Å².